The second kappa shape index (κ2) is 5.91. The first-order chi connectivity index (χ1) is 9.33. The van der Waals surface area contributed by atoms with Gasteiger partial charge in [-0.05, 0) is 57.8 Å². The summed E-state index contributed by atoms with van der Waals surface area (Å²) in [5.41, 5.74) is 2.40. The molecule has 1 aromatic heterocycles. The molecular formula is C16H25N3. The summed E-state index contributed by atoms with van der Waals surface area (Å²) in [6.07, 6.45) is 8.90. The third kappa shape index (κ3) is 3.08. The van der Waals surface area contributed by atoms with E-state index in [9.17, 15) is 0 Å². The number of pyridine rings is 1. The topological polar surface area (TPSA) is 19.4 Å². The Bertz CT molecular complexity index is 387. The molecular weight excluding hydrogens is 234 g/mol. The maximum absolute atomic E-state index is 4.41. The van der Waals surface area contributed by atoms with Crippen LogP contribution in [0.3, 0.4) is 0 Å². The third-order valence-corrected chi connectivity index (χ3v) is 4.63. The van der Waals surface area contributed by atoms with Crippen molar-refractivity contribution in [2.75, 3.05) is 31.1 Å². The van der Waals surface area contributed by atoms with Gasteiger partial charge in [0, 0.05) is 24.8 Å². The lowest BCUT2D eigenvalue weighted by atomic mass is 9.99. The van der Waals surface area contributed by atoms with Crippen LogP contribution >= 0.6 is 0 Å². The summed E-state index contributed by atoms with van der Waals surface area (Å²) in [6, 6.07) is 5.16. The van der Waals surface area contributed by atoms with Crippen molar-refractivity contribution in [2.45, 2.75) is 45.1 Å². The Balaban J connectivity index is 1.55. The smallest absolute Gasteiger partial charge is 0.0552 e. The molecule has 0 bridgehead atoms. The monoisotopic (exact) mass is 259 g/mol. The van der Waals surface area contributed by atoms with E-state index in [0.717, 1.165) is 11.7 Å². The third-order valence-electron chi connectivity index (χ3n) is 4.63. The average molecular weight is 259 g/mol. The molecule has 0 aliphatic carbocycles. The quantitative estimate of drug-likeness (QED) is 0.814. The molecule has 0 atom stereocenters. The second-order valence-corrected chi connectivity index (χ2v) is 5.97. The van der Waals surface area contributed by atoms with E-state index in [4.69, 9.17) is 0 Å². The molecule has 0 aromatic carbocycles. The molecule has 3 heterocycles. The molecule has 3 heteroatoms. The Kier molecular flexibility index (Phi) is 4.02. The van der Waals surface area contributed by atoms with Gasteiger partial charge in [0.2, 0.25) is 0 Å². The van der Waals surface area contributed by atoms with Crippen molar-refractivity contribution in [1.82, 2.24) is 9.88 Å². The van der Waals surface area contributed by atoms with E-state index in [-0.39, 0.29) is 0 Å². The van der Waals surface area contributed by atoms with Crippen molar-refractivity contribution in [3.05, 3.63) is 24.0 Å². The number of aryl methyl sites for hydroxylation is 1. The van der Waals surface area contributed by atoms with Crippen molar-refractivity contribution >= 4 is 5.69 Å². The van der Waals surface area contributed by atoms with Gasteiger partial charge in [-0.3, -0.25) is 4.98 Å². The van der Waals surface area contributed by atoms with Gasteiger partial charge in [-0.1, -0.05) is 6.42 Å². The highest BCUT2D eigenvalue weighted by molar-refractivity contribution is 5.44. The first-order valence-electron chi connectivity index (χ1n) is 7.74. The van der Waals surface area contributed by atoms with Gasteiger partial charge in [-0.15, -0.1) is 0 Å². The normalized spacial score (nSPS) is 22.7. The molecule has 0 radical (unpaired) electrons. The molecule has 0 N–H and O–H groups in total. The van der Waals surface area contributed by atoms with Gasteiger partial charge in [0.25, 0.3) is 0 Å². The zero-order valence-electron chi connectivity index (χ0n) is 12.0. The molecule has 0 amide bonds. The SMILES string of the molecule is Cc1ccc(N2CCC(N3CCCCC3)CC2)cn1. The molecule has 1 aromatic rings. The van der Waals surface area contributed by atoms with E-state index in [2.05, 4.69) is 26.9 Å². The standard InChI is InChI=1S/C16H25N3/c1-14-5-6-16(13-17-14)19-11-7-15(8-12-19)18-9-3-2-4-10-18/h5-6,13,15H,2-4,7-12H2,1H3. The van der Waals surface area contributed by atoms with Crippen LogP contribution in [-0.4, -0.2) is 42.1 Å². The Hall–Kier alpha value is -1.09. The fourth-order valence-corrected chi connectivity index (χ4v) is 3.42. The molecule has 0 unspecified atom stereocenters. The lowest BCUT2D eigenvalue weighted by Crippen LogP contribution is -2.46. The van der Waals surface area contributed by atoms with E-state index in [1.54, 1.807) is 0 Å². The predicted molar refractivity (Wildman–Crippen MR) is 79.6 cm³/mol. The van der Waals surface area contributed by atoms with E-state index in [0.29, 0.717) is 0 Å². The highest BCUT2D eigenvalue weighted by Crippen LogP contribution is 2.24. The number of hydrogen-bond acceptors (Lipinski definition) is 3. The summed E-state index contributed by atoms with van der Waals surface area (Å²) >= 11 is 0. The highest BCUT2D eigenvalue weighted by atomic mass is 15.2. The lowest BCUT2D eigenvalue weighted by molar-refractivity contribution is 0.141. The maximum Gasteiger partial charge on any atom is 0.0552 e. The highest BCUT2D eigenvalue weighted by Gasteiger charge is 2.25. The number of hydrogen-bond donors (Lipinski definition) is 0. The minimum absolute atomic E-state index is 0.829. The summed E-state index contributed by atoms with van der Waals surface area (Å²) in [7, 11) is 0. The van der Waals surface area contributed by atoms with Gasteiger partial charge in [0.05, 0.1) is 11.9 Å². The fourth-order valence-electron chi connectivity index (χ4n) is 3.42. The molecule has 3 nitrogen and oxygen atoms in total. The van der Waals surface area contributed by atoms with E-state index in [1.807, 2.05) is 13.1 Å². The maximum atomic E-state index is 4.41. The van der Waals surface area contributed by atoms with Crippen LogP contribution in [0.25, 0.3) is 0 Å². The molecule has 19 heavy (non-hydrogen) atoms. The fraction of sp³-hybridized carbons (Fsp3) is 0.688. The molecule has 2 aliphatic rings. The van der Waals surface area contributed by atoms with E-state index in [1.165, 1.54) is 64.0 Å². The second-order valence-electron chi connectivity index (χ2n) is 5.97. The first kappa shape index (κ1) is 12.9. The van der Waals surface area contributed by atoms with Gasteiger partial charge in [0.1, 0.15) is 0 Å². The number of likely N-dealkylation sites (tertiary alicyclic amines) is 1. The van der Waals surface area contributed by atoms with Crippen molar-refractivity contribution in [1.29, 1.82) is 0 Å². The van der Waals surface area contributed by atoms with Gasteiger partial charge >= 0.3 is 0 Å². The summed E-state index contributed by atoms with van der Waals surface area (Å²) in [5, 5.41) is 0. The molecule has 104 valence electrons. The number of nitrogens with zero attached hydrogens (tertiary/aromatic N) is 3. The van der Waals surface area contributed by atoms with Gasteiger partial charge in [0.15, 0.2) is 0 Å². The Morgan fingerprint density at radius 3 is 2.37 bits per heavy atom. The summed E-state index contributed by atoms with van der Waals surface area (Å²) in [5.74, 6) is 0. The van der Waals surface area contributed by atoms with Crippen LogP contribution < -0.4 is 4.90 Å². The molecule has 2 aliphatic heterocycles. The number of rotatable bonds is 2. The molecule has 2 fully saturated rings. The predicted octanol–water partition coefficient (Wildman–Crippen LogP) is 2.84. The van der Waals surface area contributed by atoms with Gasteiger partial charge in [-0.25, -0.2) is 0 Å². The molecule has 0 saturated carbocycles. The Morgan fingerprint density at radius 1 is 1.00 bits per heavy atom. The van der Waals surface area contributed by atoms with Crippen LogP contribution in [0, 0.1) is 6.92 Å². The van der Waals surface area contributed by atoms with Crippen LogP contribution in [0.4, 0.5) is 5.69 Å². The summed E-state index contributed by atoms with van der Waals surface area (Å²) < 4.78 is 0. The molecule has 2 saturated heterocycles. The van der Waals surface area contributed by atoms with Crippen LogP contribution in [0.15, 0.2) is 18.3 Å². The zero-order chi connectivity index (χ0) is 13.1. The minimum atomic E-state index is 0.829. The summed E-state index contributed by atoms with van der Waals surface area (Å²) in [6.45, 7) is 7.08. The Morgan fingerprint density at radius 2 is 1.74 bits per heavy atom. The summed E-state index contributed by atoms with van der Waals surface area (Å²) in [4.78, 5) is 9.63. The average Bonchev–Trinajstić information content (AvgIpc) is 2.49. The number of piperidine rings is 2. The van der Waals surface area contributed by atoms with Crippen molar-refractivity contribution in [3.63, 3.8) is 0 Å². The lowest BCUT2D eigenvalue weighted by Gasteiger charge is -2.40. The van der Waals surface area contributed by atoms with Crippen LogP contribution in [0.2, 0.25) is 0 Å². The van der Waals surface area contributed by atoms with Crippen molar-refractivity contribution < 1.29 is 0 Å². The van der Waals surface area contributed by atoms with Crippen LogP contribution in [0.5, 0.6) is 0 Å². The Labute approximate surface area is 116 Å². The zero-order valence-corrected chi connectivity index (χ0v) is 12.0. The van der Waals surface area contributed by atoms with Gasteiger partial charge in [-0.2, -0.15) is 0 Å². The van der Waals surface area contributed by atoms with Crippen LogP contribution in [-0.2, 0) is 0 Å². The molecule has 0 spiro atoms. The number of aromatic nitrogens is 1. The van der Waals surface area contributed by atoms with Crippen molar-refractivity contribution in [3.8, 4) is 0 Å². The first-order valence-corrected chi connectivity index (χ1v) is 7.74. The van der Waals surface area contributed by atoms with Crippen molar-refractivity contribution in [2.24, 2.45) is 0 Å². The number of anilines is 1. The van der Waals surface area contributed by atoms with E-state index >= 15 is 0 Å². The van der Waals surface area contributed by atoms with Gasteiger partial charge < -0.3 is 9.80 Å². The van der Waals surface area contributed by atoms with Crippen LogP contribution in [0.1, 0.15) is 37.8 Å². The molecule has 3 rings (SSSR count). The van der Waals surface area contributed by atoms with E-state index < -0.39 is 0 Å². The minimum Gasteiger partial charge on any atom is -0.370 e. The largest absolute Gasteiger partial charge is 0.370 e.